The lowest BCUT2D eigenvalue weighted by atomic mass is 10.1. The number of amides is 1. The summed E-state index contributed by atoms with van der Waals surface area (Å²) in [6.07, 6.45) is 2.14. The standard InChI is InChI=1S/C21H18FN5OS/c22-17-3-1-2-14(10-17)6-8-27-12-20(25-26-27)21(28)24-19-11-15(4-5-18(19)23)16-7-9-29-13-16/h1-5,7,9-13H,6,8,23H2,(H,24,28). The molecule has 29 heavy (non-hydrogen) atoms. The summed E-state index contributed by atoms with van der Waals surface area (Å²) in [6, 6.07) is 13.9. The highest BCUT2D eigenvalue weighted by atomic mass is 32.1. The van der Waals surface area contributed by atoms with Crippen LogP contribution in [-0.2, 0) is 13.0 Å². The number of halogens is 1. The molecule has 146 valence electrons. The van der Waals surface area contributed by atoms with Gasteiger partial charge in [-0.25, -0.2) is 4.39 Å². The summed E-state index contributed by atoms with van der Waals surface area (Å²) in [5.74, 6) is -0.667. The number of rotatable bonds is 6. The molecule has 6 nitrogen and oxygen atoms in total. The zero-order valence-corrected chi connectivity index (χ0v) is 16.2. The second kappa shape index (κ2) is 8.24. The Kier molecular flexibility index (Phi) is 5.35. The fraction of sp³-hybridized carbons (Fsp3) is 0.0952. The molecule has 3 N–H and O–H groups in total. The van der Waals surface area contributed by atoms with E-state index in [4.69, 9.17) is 5.73 Å². The van der Waals surface area contributed by atoms with Crippen molar-refractivity contribution in [2.24, 2.45) is 0 Å². The van der Waals surface area contributed by atoms with Crippen molar-refractivity contribution in [3.05, 3.63) is 82.6 Å². The molecule has 2 heterocycles. The van der Waals surface area contributed by atoms with Gasteiger partial charge in [-0.2, -0.15) is 11.3 Å². The van der Waals surface area contributed by atoms with Crippen molar-refractivity contribution in [3.63, 3.8) is 0 Å². The molecule has 2 aromatic carbocycles. The number of carbonyl (C=O) groups excluding carboxylic acids is 1. The van der Waals surface area contributed by atoms with Gasteiger partial charge in [0.25, 0.3) is 5.91 Å². The van der Waals surface area contributed by atoms with E-state index >= 15 is 0 Å². The molecule has 4 rings (SSSR count). The average Bonchev–Trinajstić information content (AvgIpc) is 3.40. The number of anilines is 2. The number of hydrogen-bond donors (Lipinski definition) is 2. The normalized spacial score (nSPS) is 10.8. The van der Waals surface area contributed by atoms with Crippen LogP contribution in [0.3, 0.4) is 0 Å². The molecule has 0 unspecified atom stereocenters. The second-order valence-electron chi connectivity index (χ2n) is 6.51. The number of benzene rings is 2. The monoisotopic (exact) mass is 407 g/mol. The smallest absolute Gasteiger partial charge is 0.277 e. The Labute approximate surface area is 170 Å². The van der Waals surface area contributed by atoms with Crippen molar-refractivity contribution in [3.8, 4) is 11.1 Å². The van der Waals surface area contributed by atoms with E-state index in [-0.39, 0.29) is 11.5 Å². The Hall–Kier alpha value is -3.52. The third-order valence-corrected chi connectivity index (χ3v) is 5.13. The first-order valence-electron chi connectivity index (χ1n) is 8.96. The summed E-state index contributed by atoms with van der Waals surface area (Å²) in [4.78, 5) is 12.6. The minimum atomic E-state index is -0.392. The molecule has 0 saturated carbocycles. The van der Waals surface area contributed by atoms with Crippen molar-refractivity contribution in [1.29, 1.82) is 0 Å². The Morgan fingerprint density at radius 1 is 1.17 bits per heavy atom. The molecule has 0 atom stereocenters. The molecule has 0 aliphatic rings. The zero-order chi connectivity index (χ0) is 20.2. The molecular formula is C21H18FN5OS. The van der Waals surface area contributed by atoms with Crippen molar-refractivity contribution in [2.75, 3.05) is 11.1 Å². The van der Waals surface area contributed by atoms with Gasteiger partial charge in [0.1, 0.15) is 5.82 Å². The Bertz CT molecular complexity index is 1140. The van der Waals surface area contributed by atoms with E-state index in [1.54, 1.807) is 34.3 Å². The Morgan fingerprint density at radius 3 is 2.86 bits per heavy atom. The highest BCUT2D eigenvalue weighted by molar-refractivity contribution is 7.08. The first-order chi connectivity index (χ1) is 14.1. The van der Waals surface area contributed by atoms with Crippen molar-refractivity contribution < 1.29 is 9.18 Å². The minimum absolute atomic E-state index is 0.185. The third-order valence-electron chi connectivity index (χ3n) is 4.45. The van der Waals surface area contributed by atoms with Crippen molar-refractivity contribution in [1.82, 2.24) is 15.0 Å². The fourth-order valence-electron chi connectivity index (χ4n) is 2.91. The number of nitrogen functional groups attached to an aromatic ring is 1. The Morgan fingerprint density at radius 2 is 2.07 bits per heavy atom. The van der Waals surface area contributed by atoms with Crippen molar-refractivity contribution in [2.45, 2.75) is 13.0 Å². The number of carbonyl (C=O) groups is 1. The lowest BCUT2D eigenvalue weighted by Crippen LogP contribution is -2.13. The summed E-state index contributed by atoms with van der Waals surface area (Å²) >= 11 is 1.60. The molecule has 0 spiro atoms. The summed E-state index contributed by atoms with van der Waals surface area (Å²) in [7, 11) is 0. The molecule has 4 aromatic rings. The van der Waals surface area contributed by atoms with Crippen LogP contribution in [-0.4, -0.2) is 20.9 Å². The molecule has 0 bridgehead atoms. The number of thiophene rings is 1. The maximum Gasteiger partial charge on any atom is 0.277 e. The maximum atomic E-state index is 13.3. The van der Waals surface area contributed by atoms with Gasteiger partial charge < -0.3 is 11.1 Å². The lowest BCUT2D eigenvalue weighted by Gasteiger charge is -2.09. The van der Waals surface area contributed by atoms with E-state index in [2.05, 4.69) is 15.6 Å². The topological polar surface area (TPSA) is 85.8 Å². The van der Waals surface area contributed by atoms with E-state index in [0.29, 0.717) is 24.3 Å². The molecular weight excluding hydrogens is 389 g/mol. The van der Waals surface area contributed by atoms with Gasteiger partial charge in [0.2, 0.25) is 0 Å². The van der Waals surface area contributed by atoms with Gasteiger partial charge in [0.15, 0.2) is 5.69 Å². The summed E-state index contributed by atoms with van der Waals surface area (Å²) in [5.41, 5.74) is 10.1. The molecule has 1 amide bonds. The second-order valence-corrected chi connectivity index (χ2v) is 7.29. The van der Waals surface area contributed by atoms with Gasteiger partial charge in [-0.3, -0.25) is 9.48 Å². The van der Waals surface area contributed by atoms with Gasteiger partial charge in [-0.05, 0) is 64.2 Å². The highest BCUT2D eigenvalue weighted by Gasteiger charge is 2.13. The number of aromatic nitrogens is 3. The van der Waals surface area contributed by atoms with Crippen LogP contribution in [0, 0.1) is 5.82 Å². The third kappa shape index (κ3) is 4.49. The first-order valence-corrected chi connectivity index (χ1v) is 9.91. The van der Waals surface area contributed by atoms with Crippen LogP contribution in [0.15, 0.2) is 65.5 Å². The fourth-order valence-corrected chi connectivity index (χ4v) is 3.57. The van der Waals surface area contributed by atoms with Crippen molar-refractivity contribution >= 4 is 28.6 Å². The van der Waals surface area contributed by atoms with Crippen LogP contribution in [0.2, 0.25) is 0 Å². The van der Waals surface area contributed by atoms with Gasteiger partial charge in [-0.15, -0.1) is 5.10 Å². The molecule has 0 fully saturated rings. The molecule has 0 radical (unpaired) electrons. The largest absolute Gasteiger partial charge is 0.397 e. The van der Waals surface area contributed by atoms with E-state index in [1.165, 1.54) is 12.1 Å². The number of aryl methyl sites for hydroxylation is 2. The molecule has 0 aliphatic carbocycles. The molecule has 8 heteroatoms. The van der Waals surface area contributed by atoms with Gasteiger partial charge >= 0.3 is 0 Å². The highest BCUT2D eigenvalue weighted by Crippen LogP contribution is 2.28. The van der Waals surface area contributed by atoms with Crippen LogP contribution >= 0.6 is 11.3 Å². The van der Waals surface area contributed by atoms with Gasteiger partial charge in [-0.1, -0.05) is 23.4 Å². The number of nitrogens with zero attached hydrogens (tertiary/aromatic N) is 3. The molecule has 0 aliphatic heterocycles. The number of hydrogen-bond acceptors (Lipinski definition) is 5. The SMILES string of the molecule is Nc1ccc(-c2ccsc2)cc1NC(=O)c1cn(CCc2cccc(F)c2)nn1. The lowest BCUT2D eigenvalue weighted by molar-refractivity contribution is 0.102. The van der Waals surface area contributed by atoms with E-state index in [0.717, 1.165) is 16.7 Å². The van der Waals surface area contributed by atoms with Crippen LogP contribution in [0.1, 0.15) is 16.1 Å². The summed E-state index contributed by atoms with van der Waals surface area (Å²) in [6.45, 7) is 0.486. The van der Waals surface area contributed by atoms with Crippen LogP contribution in [0.4, 0.5) is 15.8 Å². The van der Waals surface area contributed by atoms with Gasteiger partial charge in [0.05, 0.1) is 17.6 Å². The van der Waals surface area contributed by atoms with E-state index in [1.807, 2.05) is 35.0 Å². The van der Waals surface area contributed by atoms with E-state index in [9.17, 15) is 9.18 Å². The first kappa shape index (κ1) is 18.8. The van der Waals surface area contributed by atoms with Crippen LogP contribution in [0.25, 0.3) is 11.1 Å². The van der Waals surface area contributed by atoms with E-state index < -0.39 is 5.91 Å². The van der Waals surface area contributed by atoms with Crippen LogP contribution in [0.5, 0.6) is 0 Å². The quantitative estimate of drug-likeness (QED) is 0.469. The Balaban J connectivity index is 1.43. The molecule has 0 saturated heterocycles. The summed E-state index contributed by atoms with van der Waals surface area (Å²) in [5, 5.41) is 14.7. The minimum Gasteiger partial charge on any atom is -0.397 e. The zero-order valence-electron chi connectivity index (χ0n) is 15.4. The number of nitrogens with two attached hydrogens (primary N) is 1. The number of nitrogens with one attached hydrogen (secondary N) is 1. The average molecular weight is 407 g/mol. The predicted molar refractivity (Wildman–Crippen MR) is 112 cm³/mol. The summed E-state index contributed by atoms with van der Waals surface area (Å²) < 4.78 is 14.8. The van der Waals surface area contributed by atoms with Crippen LogP contribution < -0.4 is 11.1 Å². The predicted octanol–water partition coefficient (Wildman–Crippen LogP) is 4.22. The van der Waals surface area contributed by atoms with Gasteiger partial charge in [0, 0.05) is 6.54 Å². The molecule has 2 aromatic heterocycles. The maximum absolute atomic E-state index is 13.3.